The van der Waals surface area contributed by atoms with Crippen LogP contribution in [-0.4, -0.2) is 21.5 Å². The molecule has 1 heterocycles. The first kappa shape index (κ1) is 12.2. The van der Waals surface area contributed by atoms with E-state index >= 15 is 0 Å². The zero-order valence-electron chi connectivity index (χ0n) is 9.31. The normalized spacial score (nSPS) is 10.4. The van der Waals surface area contributed by atoms with Gasteiger partial charge >= 0.3 is 0 Å². The van der Waals surface area contributed by atoms with Crippen LogP contribution in [0.1, 0.15) is 6.42 Å². The van der Waals surface area contributed by atoms with Crippen molar-refractivity contribution in [3.63, 3.8) is 0 Å². The van der Waals surface area contributed by atoms with Crippen molar-refractivity contribution < 1.29 is 0 Å². The Morgan fingerprint density at radius 3 is 3.00 bits per heavy atom. The number of aromatic nitrogens is 3. The maximum absolute atomic E-state index is 5.70. The molecular weight excluding hydrogens is 329 g/mol. The highest BCUT2D eigenvalue weighted by atomic mass is 127. The fourth-order valence-electron chi connectivity index (χ4n) is 1.49. The Balaban J connectivity index is 1.78. The van der Waals surface area contributed by atoms with Crippen LogP contribution in [0.3, 0.4) is 0 Å². The summed E-state index contributed by atoms with van der Waals surface area (Å²) < 4.78 is 2.97. The second kappa shape index (κ2) is 5.85. The van der Waals surface area contributed by atoms with Crippen LogP contribution in [0, 0.1) is 3.57 Å². The number of nitrogens with zero attached hydrogens (tertiary/aromatic N) is 3. The van der Waals surface area contributed by atoms with E-state index < -0.39 is 0 Å². The van der Waals surface area contributed by atoms with Gasteiger partial charge in [-0.3, -0.25) is 4.68 Å². The number of rotatable bonds is 5. The molecule has 2 aromatic rings. The summed E-state index contributed by atoms with van der Waals surface area (Å²) in [5.74, 6) is 0. The number of benzene rings is 1. The molecule has 2 rings (SSSR count). The third kappa shape index (κ3) is 3.58. The predicted octanol–water partition coefficient (Wildman–Crippen LogP) is 1.97. The average molecular weight is 343 g/mol. The summed E-state index contributed by atoms with van der Waals surface area (Å²) in [5.41, 5.74) is 7.61. The van der Waals surface area contributed by atoms with Crippen molar-refractivity contribution in [3.8, 4) is 0 Å². The van der Waals surface area contributed by atoms with Gasteiger partial charge in [-0.15, -0.1) is 5.10 Å². The van der Waals surface area contributed by atoms with Crippen molar-refractivity contribution in [3.05, 3.63) is 34.2 Å². The van der Waals surface area contributed by atoms with E-state index in [2.05, 4.69) is 38.2 Å². The first-order chi connectivity index (χ1) is 8.25. The summed E-state index contributed by atoms with van der Waals surface area (Å²) in [6.45, 7) is 1.78. The summed E-state index contributed by atoms with van der Waals surface area (Å²) in [6, 6.07) is 5.87. The molecule has 0 radical (unpaired) electrons. The minimum absolute atomic E-state index is 0.794. The lowest BCUT2D eigenvalue weighted by atomic mass is 10.3. The topological polar surface area (TPSA) is 68.8 Å². The maximum Gasteiger partial charge on any atom is 0.0692 e. The Kier molecular flexibility index (Phi) is 4.18. The van der Waals surface area contributed by atoms with E-state index in [9.17, 15) is 0 Å². The third-order valence-corrected chi connectivity index (χ3v) is 3.24. The Morgan fingerprint density at radius 1 is 1.41 bits per heavy atom. The van der Waals surface area contributed by atoms with Gasteiger partial charge < -0.3 is 11.1 Å². The van der Waals surface area contributed by atoms with Gasteiger partial charge in [-0.2, -0.15) is 0 Å². The molecule has 0 saturated carbocycles. The van der Waals surface area contributed by atoms with Crippen LogP contribution in [0.15, 0.2) is 30.6 Å². The molecule has 0 bridgehead atoms. The quantitative estimate of drug-likeness (QED) is 0.495. The molecule has 1 aromatic heterocycles. The molecule has 0 spiro atoms. The fraction of sp³-hybridized carbons (Fsp3) is 0.273. The number of hydrogen-bond donors (Lipinski definition) is 2. The molecule has 0 amide bonds. The number of nitrogens with two attached hydrogens (primary N) is 1. The minimum Gasteiger partial charge on any atom is -0.399 e. The molecule has 0 fully saturated rings. The van der Waals surface area contributed by atoms with E-state index in [1.54, 1.807) is 6.20 Å². The van der Waals surface area contributed by atoms with Gasteiger partial charge in [0.2, 0.25) is 0 Å². The third-order valence-electron chi connectivity index (χ3n) is 2.34. The second-order valence-corrected chi connectivity index (χ2v) is 4.85. The van der Waals surface area contributed by atoms with E-state index in [0.717, 1.165) is 34.5 Å². The SMILES string of the molecule is Nc1ccc(NCCCn2ccnn2)c(I)c1. The highest BCUT2D eigenvalue weighted by Crippen LogP contribution is 2.20. The molecule has 1 aromatic carbocycles. The molecule has 0 atom stereocenters. The standard InChI is InChI=1S/C11H14IN5/c12-10-8-9(13)2-3-11(10)14-4-1-6-17-7-5-15-16-17/h2-3,5,7-8,14H,1,4,6,13H2. The Labute approximate surface area is 114 Å². The van der Waals surface area contributed by atoms with Gasteiger partial charge in [-0.05, 0) is 47.2 Å². The molecule has 0 aliphatic rings. The Hall–Kier alpha value is -1.31. The van der Waals surface area contributed by atoms with Gasteiger partial charge in [-0.25, -0.2) is 0 Å². The number of hydrogen-bond acceptors (Lipinski definition) is 4. The predicted molar refractivity (Wildman–Crippen MR) is 76.7 cm³/mol. The lowest BCUT2D eigenvalue weighted by molar-refractivity contribution is 0.570. The van der Waals surface area contributed by atoms with Crippen molar-refractivity contribution in [2.45, 2.75) is 13.0 Å². The Morgan fingerprint density at radius 2 is 2.29 bits per heavy atom. The first-order valence-corrected chi connectivity index (χ1v) is 6.46. The van der Waals surface area contributed by atoms with Gasteiger partial charge in [0, 0.05) is 34.2 Å². The van der Waals surface area contributed by atoms with Gasteiger partial charge in [0.25, 0.3) is 0 Å². The number of anilines is 2. The van der Waals surface area contributed by atoms with Crippen molar-refractivity contribution in [1.29, 1.82) is 0 Å². The fourth-order valence-corrected chi connectivity index (χ4v) is 2.22. The molecule has 3 N–H and O–H groups in total. The number of nitrogens with one attached hydrogen (secondary N) is 1. The number of nitrogen functional groups attached to an aromatic ring is 1. The largest absolute Gasteiger partial charge is 0.399 e. The van der Waals surface area contributed by atoms with Gasteiger partial charge in [0.15, 0.2) is 0 Å². The zero-order valence-corrected chi connectivity index (χ0v) is 11.5. The van der Waals surface area contributed by atoms with Gasteiger partial charge in [0.1, 0.15) is 0 Å². The van der Waals surface area contributed by atoms with E-state index in [-0.39, 0.29) is 0 Å². The minimum atomic E-state index is 0.794. The lowest BCUT2D eigenvalue weighted by Gasteiger charge is -2.08. The summed E-state index contributed by atoms with van der Waals surface area (Å²) in [5, 5.41) is 11.0. The van der Waals surface area contributed by atoms with E-state index in [0.29, 0.717) is 0 Å². The van der Waals surface area contributed by atoms with Crippen LogP contribution in [-0.2, 0) is 6.54 Å². The maximum atomic E-state index is 5.70. The molecule has 6 heteroatoms. The summed E-state index contributed by atoms with van der Waals surface area (Å²) >= 11 is 2.28. The molecule has 0 unspecified atom stereocenters. The highest BCUT2D eigenvalue weighted by molar-refractivity contribution is 14.1. The second-order valence-electron chi connectivity index (χ2n) is 3.69. The van der Waals surface area contributed by atoms with Gasteiger partial charge in [-0.1, -0.05) is 5.21 Å². The van der Waals surface area contributed by atoms with Crippen LogP contribution in [0.4, 0.5) is 11.4 Å². The first-order valence-electron chi connectivity index (χ1n) is 5.39. The molecular formula is C11H14IN5. The van der Waals surface area contributed by atoms with Crippen molar-refractivity contribution in [2.24, 2.45) is 0 Å². The average Bonchev–Trinajstić information content (AvgIpc) is 2.79. The van der Waals surface area contributed by atoms with Crippen LogP contribution < -0.4 is 11.1 Å². The molecule has 0 saturated heterocycles. The monoisotopic (exact) mass is 343 g/mol. The summed E-state index contributed by atoms with van der Waals surface area (Å²) in [7, 11) is 0. The molecule has 0 aliphatic carbocycles. The molecule has 17 heavy (non-hydrogen) atoms. The number of halogens is 1. The zero-order chi connectivity index (χ0) is 12.1. The summed E-state index contributed by atoms with van der Waals surface area (Å²) in [6.07, 6.45) is 4.56. The van der Waals surface area contributed by atoms with Gasteiger partial charge in [0.05, 0.1) is 6.20 Å². The van der Waals surface area contributed by atoms with Crippen molar-refractivity contribution in [2.75, 3.05) is 17.6 Å². The van der Waals surface area contributed by atoms with Crippen LogP contribution in [0.25, 0.3) is 0 Å². The van der Waals surface area contributed by atoms with Crippen LogP contribution in [0.2, 0.25) is 0 Å². The highest BCUT2D eigenvalue weighted by Gasteiger charge is 1.99. The van der Waals surface area contributed by atoms with Crippen LogP contribution >= 0.6 is 22.6 Å². The Bertz CT molecular complexity index is 469. The smallest absolute Gasteiger partial charge is 0.0692 e. The molecule has 0 aliphatic heterocycles. The van der Waals surface area contributed by atoms with E-state index in [1.165, 1.54) is 0 Å². The molecule has 90 valence electrons. The van der Waals surface area contributed by atoms with Crippen molar-refractivity contribution in [1.82, 2.24) is 15.0 Å². The number of aryl methyl sites for hydroxylation is 1. The van der Waals surface area contributed by atoms with Crippen molar-refractivity contribution >= 4 is 34.0 Å². The molecule has 5 nitrogen and oxygen atoms in total. The van der Waals surface area contributed by atoms with E-state index in [1.807, 2.05) is 29.1 Å². The van der Waals surface area contributed by atoms with E-state index in [4.69, 9.17) is 5.73 Å². The summed E-state index contributed by atoms with van der Waals surface area (Å²) in [4.78, 5) is 0. The van der Waals surface area contributed by atoms with Crippen LogP contribution in [0.5, 0.6) is 0 Å². The lowest BCUT2D eigenvalue weighted by Crippen LogP contribution is -2.08.